The van der Waals surface area contributed by atoms with Gasteiger partial charge in [0.2, 0.25) is 11.9 Å². The third kappa shape index (κ3) is 5.51. The predicted molar refractivity (Wildman–Crippen MR) is 160 cm³/mol. The third-order valence-electron chi connectivity index (χ3n) is 8.89. The maximum atomic E-state index is 14.3. The van der Waals surface area contributed by atoms with Crippen LogP contribution in [-0.2, 0) is 19.0 Å². The molecule has 0 bridgehead atoms. The van der Waals surface area contributed by atoms with Gasteiger partial charge in [-0.25, -0.2) is 0 Å². The first-order valence-corrected chi connectivity index (χ1v) is 15.0. The minimum Gasteiger partial charge on any atom is -0.371 e. The van der Waals surface area contributed by atoms with E-state index in [4.69, 9.17) is 5.73 Å². The van der Waals surface area contributed by atoms with Crippen LogP contribution in [0.15, 0.2) is 48.5 Å². The van der Waals surface area contributed by atoms with Crippen molar-refractivity contribution < 1.29 is 13.2 Å². The van der Waals surface area contributed by atoms with E-state index in [1.807, 2.05) is 23.1 Å². The molecule has 1 aliphatic carbocycles. The van der Waals surface area contributed by atoms with E-state index in [0.29, 0.717) is 24.9 Å². The van der Waals surface area contributed by atoms with Crippen LogP contribution in [0.4, 0.5) is 36.4 Å². The summed E-state index contributed by atoms with van der Waals surface area (Å²) in [5.74, 6) is 0.533. The second kappa shape index (κ2) is 11.1. The van der Waals surface area contributed by atoms with Crippen molar-refractivity contribution in [3.63, 3.8) is 0 Å². The molecule has 0 unspecified atom stereocenters. The van der Waals surface area contributed by atoms with Crippen molar-refractivity contribution in [3.05, 3.63) is 65.2 Å². The van der Waals surface area contributed by atoms with Gasteiger partial charge in [-0.05, 0) is 93.4 Å². The minimum absolute atomic E-state index is 0.0549. The van der Waals surface area contributed by atoms with Crippen LogP contribution >= 0.6 is 0 Å². The van der Waals surface area contributed by atoms with Crippen LogP contribution in [0.1, 0.15) is 48.8 Å². The highest BCUT2D eigenvalue weighted by atomic mass is 19.4. The van der Waals surface area contributed by atoms with Crippen molar-refractivity contribution in [2.45, 2.75) is 57.2 Å². The van der Waals surface area contributed by atoms with Crippen LogP contribution in [0.2, 0.25) is 0 Å². The number of nitrogen functional groups attached to an aromatic ring is 1. The maximum absolute atomic E-state index is 14.3. The van der Waals surface area contributed by atoms with Gasteiger partial charge in [0.15, 0.2) is 5.82 Å². The van der Waals surface area contributed by atoms with Crippen LogP contribution in [0.5, 0.6) is 0 Å². The molecule has 12 heteroatoms. The topological polar surface area (TPSA) is 101 Å². The summed E-state index contributed by atoms with van der Waals surface area (Å²) in [7, 11) is 0. The number of halogens is 3. The monoisotopic (exact) mass is 589 g/mol. The van der Waals surface area contributed by atoms with Crippen molar-refractivity contribution in [2.24, 2.45) is 0 Å². The van der Waals surface area contributed by atoms with Gasteiger partial charge in [-0.15, -0.1) is 15.3 Å². The standard InChI is InChI=1S/C31H34F3N9/c32-31(33,34)25-19-22(10-11-26(25)42-16-12-23(13-17-42)41-14-3-4-15-41)36-30-37-29(35)43(40-30)27-18-21-8-5-7-20-6-1-2-9-24(20)28(21)39-38-27/h1-2,6,9-11,18-19,23H,3-5,7-8,12-17H2,(H3,35,36,37,40). The number of aryl methyl sites for hydroxylation is 2. The molecule has 2 aliphatic heterocycles. The first-order chi connectivity index (χ1) is 20.8. The second-order valence-electron chi connectivity index (χ2n) is 11.6. The molecule has 0 atom stereocenters. The van der Waals surface area contributed by atoms with Crippen molar-refractivity contribution >= 4 is 23.3 Å². The molecule has 2 fully saturated rings. The Morgan fingerprint density at radius 2 is 1.63 bits per heavy atom. The lowest BCUT2D eigenvalue weighted by Crippen LogP contribution is -2.44. The molecular weight excluding hydrogens is 555 g/mol. The van der Waals surface area contributed by atoms with Gasteiger partial charge in [-0.1, -0.05) is 24.3 Å². The summed E-state index contributed by atoms with van der Waals surface area (Å²) >= 11 is 0. The van der Waals surface area contributed by atoms with Gasteiger partial charge >= 0.3 is 6.18 Å². The second-order valence-corrected chi connectivity index (χ2v) is 11.6. The fraction of sp³-hybridized carbons (Fsp3) is 0.419. The van der Waals surface area contributed by atoms with Gasteiger partial charge in [-0.2, -0.15) is 22.8 Å². The first kappa shape index (κ1) is 27.6. The number of nitrogens with one attached hydrogen (secondary N) is 1. The molecular formula is C31H34F3N9. The summed E-state index contributed by atoms with van der Waals surface area (Å²) in [4.78, 5) is 8.60. The molecule has 3 N–H and O–H groups in total. The Bertz CT molecular complexity index is 1620. The Morgan fingerprint density at radius 1 is 0.860 bits per heavy atom. The Morgan fingerprint density at radius 3 is 2.42 bits per heavy atom. The van der Waals surface area contributed by atoms with Gasteiger partial charge in [-0.3, -0.25) is 0 Å². The van der Waals surface area contributed by atoms with Crippen LogP contribution in [0, 0.1) is 0 Å². The van der Waals surface area contributed by atoms with Crippen molar-refractivity contribution in [1.82, 2.24) is 29.9 Å². The molecule has 43 heavy (non-hydrogen) atoms. The van der Waals surface area contributed by atoms with E-state index in [1.165, 1.54) is 29.2 Å². The molecule has 4 heterocycles. The SMILES string of the molecule is Nc1nc(Nc2ccc(N3CCC(N4CCCC4)CC3)c(C(F)(F)F)c2)nn1-c1cc2c(nn1)-c1ccccc1CCC2. The fourth-order valence-corrected chi connectivity index (χ4v) is 6.75. The number of hydrogen-bond donors (Lipinski definition) is 2. The number of hydrogen-bond acceptors (Lipinski definition) is 8. The molecule has 7 rings (SSSR count). The van der Waals surface area contributed by atoms with E-state index in [-0.39, 0.29) is 23.3 Å². The van der Waals surface area contributed by atoms with Crippen LogP contribution in [0.3, 0.4) is 0 Å². The number of nitrogens with zero attached hydrogens (tertiary/aromatic N) is 7. The number of alkyl halides is 3. The summed E-state index contributed by atoms with van der Waals surface area (Å²) in [6.07, 6.45) is 2.41. The molecule has 2 aromatic heterocycles. The van der Waals surface area contributed by atoms with E-state index in [1.54, 1.807) is 6.07 Å². The highest BCUT2D eigenvalue weighted by Crippen LogP contribution is 2.40. The van der Waals surface area contributed by atoms with Crippen LogP contribution in [0.25, 0.3) is 17.1 Å². The lowest BCUT2D eigenvalue weighted by Gasteiger charge is -2.38. The molecule has 3 aliphatic rings. The van der Waals surface area contributed by atoms with Crippen molar-refractivity contribution in [3.8, 4) is 17.1 Å². The van der Waals surface area contributed by atoms with E-state index >= 15 is 0 Å². The van der Waals surface area contributed by atoms with Gasteiger partial charge in [0.1, 0.15) is 0 Å². The van der Waals surface area contributed by atoms with E-state index in [9.17, 15) is 13.2 Å². The Hall–Kier alpha value is -4.19. The smallest absolute Gasteiger partial charge is 0.371 e. The van der Waals surface area contributed by atoms with Crippen molar-refractivity contribution in [2.75, 3.05) is 42.1 Å². The van der Waals surface area contributed by atoms with E-state index < -0.39 is 11.7 Å². The molecule has 2 saturated heterocycles. The largest absolute Gasteiger partial charge is 0.418 e. The molecule has 0 spiro atoms. The Kier molecular flexibility index (Phi) is 7.16. The minimum atomic E-state index is -4.51. The Balaban J connectivity index is 1.11. The van der Waals surface area contributed by atoms with Gasteiger partial charge in [0.25, 0.3) is 0 Å². The average Bonchev–Trinajstić information content (AvgIpc) is 3.63. The average molecular weight is 590 g/mol. The quantitative estimate of drug-likeness (QED) is 0.309. The third-order valence-corrected chi connectivity index (χ3v) is 8.89. The molecule has 0 radical (unpaired) electrons. The highest BCUT2D eigenvalue weighted by molar-refractivity contribution is 5.69. The lowest BCUT2D eigenvalue weighted by molar-refractivity contribution is -0.137. The summed E-state index contributed by atoms with van der Waals surface area (Å²) in [6.45, 7) is 3.40. The first-order valence-electron chi connectivity index (χ1n) is 15.0. The summed E-state index contributed by atoms with van der Waals surface area (Å²) in [6, 6.07) is 14.8. The molecule has 2 aromatic carbocycles. The number of aromatic nitrogens is 5. The summed E-state index contributed by atoms with van der Waals surface area (Å²) < 4.78 is 44.1. The predicted octanol–water partition coefficient (Wildman–Crippen LogP) is 5.62. The number of likely N-dealkylation sites (tertiary alicyclic amines) is 1. The molecule has 9 nitrogen and oxygen atoms in total. The van der Waals surface area contributed by atoms with Gasteiger partial charge in [0, 0.05) is 36.1 Å². The zero-order valence-electron chi connectivity index (χ0n) is 23.8. The number of anilines is 4. The van der Waals surface area contributed by atoms with Crippen LogP contribution in [-0.4, -0.2) is 62.1 Å². The zero-order chi connectivity index (χ0) is 29.6. The zero-order valence-corrected chi connectivity index (χ0v) is 23.8. The highest BCUT2D eigenvalue weighted by Gasteiger charge is 2.37. The normalized spacial score (nSPS) is 17.9. The van der Waals surface area contributed by atoms with E-state index in [2.05, 4.69) is 42.6 Å². The van der Waals surface area contributed by atoms with Gasteiger partial charge in [0.05, 0.1) is 11.3 Å². The number of nitrogens with two attached hydrogens (primary N) is 1. The van der Waals surface area contributed by atoms with Gasteiger partial charge < -0.3 is 20.9 Å². The molecule has 4 aromatic rings. The number of fused-ring (bicyclic) bond motifs is 3. The molecule has 0 saturated carbocycles. The number of benzene rings is 2. The number of piperidine rings is 1. The van der Waals surface area contributed by atoms with Crippen molar-refractivity contribution in [1.29, 1.82) is 0 Å². The lowest BCUT2D eigenvalue weighted by atomic mass is 10.0. The number of rotatable bonds is 5. The molecule has 224 valence electrons. The summed E-state index contributed by atoms with van der Waals surface area (Å²) in [5, 5.41) is 16.2. The Labute approximate surface area is 247 Å². The van der Waals surface area contributed by atoms with Crippen LogP contribution < -0.4 is 16.0 Å². The molecule has 0 amide bonds. The van der Waals surface area contributed by atoms with E-state index in [0.717, 1.165) is 68.1 Å². The summed E-state index contributed by atoms with van der Waals surface area (Å²) in [5.41, 5.74) is 10.1. The fourth-order valence-electron chi connectivity index (χ4n) is 6.75. The maximum Gasteiger partial charge on any atom is 0.418 e.